The molecule has 3 N–H and O–H groups in total. The molecule has 1 aromatic carbocycles. The van der Waals surface area contributed by atoms with Crippen LogP contribution in [0.15, 0.2) is 18.2 Å². The Bertz CT molecular complexity index is 563. The minimum Gasteiger partial charge on any atom is -0.482 e. The number of hydrogen-bond donors (Lipinski definition) is 2. The quantitative estimate of drug-likeness (QED) is 0.813. The summed E-state index contributed by atoms with van der Waals surface area (Å²) in [6.07, 6.45) is -1.76. The van der Waals surface area contributed by atoms with Crippen LogP contribution in [0.25, 0.3) is 0 Å². The van der Waals surface area contributed by atoms with Crippen molar-refractivity contribution in [2.45, 2.75) is 37.9 Å². The fraction of sp³-hybridized carbons (Fsp3) is 0.533. The third-order valence-corrected chi connectivity index (χ3v) is 3.77. The van der Waals surface area contributed by atoms with Crippen LogP contribution in [0, 0.1) is 11.7 Å². The molecule has 2 rings (SSSR count). The molecule has 8 heteroatoms. The Hall–Kier alpha value is -1.83. The van der Waals surface area contributed by atoms with Crippen molar-refractivity contribution in [1.82, 2.24) is 0 Å². The van der Waals surface area contributed by atoms with Crippen LogP contribution >= 0.6 is 0 Å². The van der Waals surface area contributed by atoms with Crippen LogP contribution in [0.5, 0.6) is 5.75 Å². The van der Waals surface area contributed by atoms with Crippen LogP contribution in [-0.2, 0) is 4.79 Å². The highest BCUT2D eigenvalue weighted by Crippen LogP contribution is 2.30. The summed E-state index contributed by atoms with van der Waals surface area (Å²) in [5.41, 5.74) is 5.76. The number of alkyl halides is 3. The summed E-state index contributed by atoms with van der Waals surface area (Å²) in [7, 11) is 0. The van der Waals surface area contributed by atoms with Crippen LogP contribution in [-0.4, -0.2) is 24.7 Å². The van der Waals surface area contributed by atoms with E-state index in [1.165, 1.54) is 0 Å². The number of nitrogens with one attached hydrogen (secondary N) is 1. The van der Waals surface area contributed by atoms with E-state index in [-0.39, 0.29) is 29.8 Å². The Morgan fingerprint density at radius 1 is 1.35 bits per heavy atom. The van der Waals surface area contributed by atoms with Crippen LogP contribution < -0.4 is 15.8 Å². The van der Waals surface area contributed by atoms with E-state index in [0.717, 1.165) is 37.5 Å². The molecule has 0 radical (unpaired) electrons. The molecule has 1 saturated carbocycles. The number of ether oxygens (including phenoxy) is 1. The van der Waals surface area contributed by atoms with Gasteiger partial charge in [-0.3, -0.25) is 4.79 Å². The lowest BCUT2D eigenvalue weighted by Crippen LogP contribution is -2.28. The number of hydrogen-bond acceptors (Lipinski definition) is 3. The third-order valence-electron chi connectivity index (χ3n) is 3.77. The number of amides is 1. The summed E-state index contributed by atoms with van der Waals surface area (Å²) in [5.74, 6) is -1.30. The van der Waals surface area contributed by atoms with Crippen molar-refractivity contribution in [2.24, 2.45) is 11.7 Å². The molecule has 23 heavy (non-hydrogen) atoms. The maximum Gasteiger partial charge on any atom is 0.422 e. The van der Waals surface area contributed by atoms with Gasteiger partial charge in [-0.1, -0.05) is 6.42 Å². The predicted molar refractivity (Wildman–Crippen MR) is 76.5 cm³/mol. The fourth-order valence-electron chi connectivity index (χ4n) is 2.64. The first kappa shape index (κ1) is 17.5. The van der Waals surface area contributed by atoms with Crippen molar-refractivity contribution >= 4 is 11.6 Å². The predicted octanol–water partition coefficient (Wildman–Crippen LogP) is 3.22. The topological polar surface area (TPSA) is 64.4 Å². The molecule has 1 aliphatic rings. The Morgan fingerprint density at radius 3 is 2.70 bits per heavy atom. The molecule has 2 atom stereocenters. The largest absolute Gasteiger partial charge is 0.482 e. The summed E-state index contributed by atoms with van der Waals surface area (Å²) in [5, 5.41) is 2.41. The first-order chi connectivity index (χ1) is 10.7. The summed E-state index contributed by atoms with van der Waals surface area (Å²) < 4.78 is 54.6. The molecule has 0 spiro atoms. The lowest BCUT2D eigenvalue weighted by Gasteiger charge is -2.17. The number of carbonyl (C=O) groups is 1. The van der Waals surface area contributed by atoms with E-state index in [4.69, 9.17) is 5.73 Å². The van der Waals surface area contributed by atoms with E-state index in [1.807, 2.05) is 0 Å². The van der Waals surface area contributed by atoms with Gasteiger partial charge in [0.15, 0.2) is 6.61 Å². The maximum absolute atomic E-state index is 13.3. The molecule has 1 amide bonds. The normalized spacial score (nSPS) is 21.3. The van der Waals surface area contributed by atoms with Crippen molar-refractivity contribution in [1.29, 1.82) is 0 Å². The van der Waals surface area contributed by atoms with Crippen LogP contribution in [0.1, 0.15) is 25.7 Å². The van der Waals surface area contributed by atoms with Crippen LogP contribution in [0.4, 0.5) is 23.2 Å². The Balaban J connectivity index is 2.02. The van der Waals surface area contributed by atoms with Gasteiger partial charge < -0.3 is 15.8 Å². The second-order valence-corrected chi connectivity index (χ2v) is 5.65. The van der Waals surface area contributed by atoms with Gasteiger partial charge in [0.25, 0.3) is 0 Å². The second-order valence-electron chi connectivity index (χ2n) is 5.65. The molecular formula is C15H18F4N2O2. The first-order valence-electron chi connectivity index (χ1n) is 7.29. The summed E-state index contributed by atoms with van der Waals surface area (Å²) in [4.78, 5) is 12.0. The highest BCUT2D eigenvalue weighted by atomic mass is 19.4. The number of anilines is 1. The highest BCUT2D eigenvalue weighted by molar-refractivity contribution is 5.92. The van der Waals surface area contributed by atoms with Crippen molar-refractivity contribution < 1.29 is 27.1 Å². The molecule has 128 valence electrons. The summed E-state index contributed by atoms with van der Waals surface area (Å²) >= 11 is 0. The smallest absolute Gasteiger partial charge is 0.422 e. The minimum atomic E-state index is -4.52. The molecule has 0 aromatic heterocycles. The maximum atomic E-state index is 13.3. The average molecular weight is 334 g/mol. The van der Waals surface area contributed by atoms with Gasteiger partial charge in [-0.15, -0.1) is 0 Å². The molecular weight excluding hydrogens is 316 g/mol. The van der Waals surface area contributed by atoms with Gasteiger partial charge in [-0.25, -0.2) is 4.39 Å². The molecule has 4 nitrogen and oxygen atoms in total. The van der Waals surface area contributed by atoms with Crippen LogP contribution in [0.3, 0.4) is 0 Å². The molecule has 0 aliphatic heterocycles. The Kier molecular flexibility index (Phi) is 5.46. The second kappa shape index (κ2) is 7.16. The number of halogens is 4. The van der Waals surface area contributed by atoms with Gasteiger partial charge in [0, 0.05) is 18.5 Å². The van der Waals surface area contributed by atoms with Gasteiger partial charge in [-0.2, -0.15) is 13.2 Å². The van der Waals surface area contributed by atoms with E-state index < -0.39 is 24.5 Å². The molecule has 1 fully saturated rings. The third kappa shape index (κ3) is 5.38. The SMILES string of the molecule is N[C@@H]1CCC[C@H]1CC(=O)Nc1cc(F)ccc1OCC(F)(F)F. The molecule has 1 aliphatic carbocycles. The summed E-state index contributed by atoms with van der Waals surface area (Å²) in [6, 6.07) is 2.89. The Morgan fingerprint density at radius 2 is 2.09 bits per heavy atom. The van der Waals surface area contributed by atoms with E-state index in [9.17, 15) is 22.4 Å². The fourth-order valence-corrected chi connectivity index (χ4v) is 2.64. The monoisotopic (exact) mass is 334 g/mol. The highest BCUT2D eigenvalue weighted by Gasteiger charge is 2.29. The lowest BCUT2D eigenvalue weighted by molar-refractivity contribution is -0.153. The zero-order chi connectivity index (χ0) is 17.0. The Labute approximate surface area is 131 Å². The van der Waals surface area contributed by atoms with Crippen molar-refractivity contribution in [2.75, 3.05) is 11.9 Å². The van der Waals surface area contributed by atoms with Gasteiger partial charge in [0.2, 0.25) is 5.91 Å². The van der Waals surface area contributed by atoms with Gasteiger partial charge in [0.1, 0.15) is 11.6 Å². The zero-order valence-corrected chi connectivity index (χ0v) is 12.3. The standard InChI is InChI=1S/C15H18F4N2O2/c16-10-4-5-13(23-8-15(17,18)19)12(7-10)21-14(22)6-9-2-1-3-11(9)20/h4-5,7,9,11H,1-3,6,8,20H2,(H,21,22)/t9-,11+/m0/s1. The molecule has 0 saturated heterocycles. The molecule has 1 aromatic rings. The van der Waals surface area contributed by atoms with E-state index >= 15 is 0 Å². The van der Waals surface area contributed by atoms with Crippen molar-refractivity contribution in [3.05, 3.63) is 24.0 Å². The van der Waals surface area contributed by atoms with E-state index in [0.29, 0.717) is 0 Å². The zero-order valence-electron chi connectivity index (χ0n) is 12.3. The number of benzene rings is 1. The van der Waals surface area contributed by atoms with Gasteiger partial charge >= 0.3 is 6.18 Å². The molecule has 0 bridgehead atoms. The molecule has 0 unspecified atom stereocenters. The first-order valence-corrected chi connectivity index (χ1v) is 7.29. The lowest BCUT2D eigenvalue weighted by atomic mass is 10.00. The van der Waals surface area contributed by atoms with E-state index in [2.05, 4.69) is 10.1 Å². The average Bonchev–Trinajstić information content (AvgIpc) is 2.82. The summed E-state index contributed by atoms with van der Waals surface area (Å²) in [6.45, 7) is -1.52. The van der Waals surface area contributed by atoms with Crippen LogP contribution in [0.2, 0.25) is 0 Å². The van der Waals surface area contributed by atoms with Gasteiger partial charge in [-0.05, 0) is 30.9 Å². The van der Waals surface area contributed by atoms with Gasteiger partial charge in [0.05, 0.1) is 5.69 Å². The van der Waals surface area contributed by atoms with E-state index in [1.54, 1.807) is 0 Å². The minimum absolute atomic E-state index is 0.0307. The number of carbonyl (C=O) groups excluding carboxylic acids is 1. The number of nitrogens with two attached hydrogens (primary N) is 1. The number of rotatable bonds is 5. The molecule has 0 heterocycles. The van der Waals surface area contributed by atoms with Crippen molar-refractivity contribution in [3.63, 3.8) is 0 Å². The van der Waals surface area contributed by atoms with Crippen molar-refractivity contribution in [3.8, 4) is 5.75 Å².